The summed E-state index contributed by atoms with van der Waals surface area (Å²) in [4.78, 5) is 0. The Kier molecular flexibility index (Phi) is 0.487. The average molecular weight is 99.1 g/mol. The highest BCUT2D eigenvalue weighted by Crippen LogP contribution is 2.70. The van der Waals surface area contributed by atoms with Crippen LogP contribution < -0.4 is 0 Å². The maximum absolute atomic E-state index is 8.58. The Hall–Kier alpha value is -0.0400. The van der Waals surface area contributed by atoms with Gasteiger partial charge in [-0.2, -0.15) is 0 Å². The predicted octanol–water partition coefficient (Wildman–Crippen LogP) is 0.779. The zero-order valence-corrected chi connectivity index (χ0v) is 4.35. The fourth-order valence-electron chi connectivity index (χ4n) is 1.46. The van der Waals surface area contributed by atoms with Gasteiger partial charge in [0, 0.05) is 6.61 Å². The molecule has 0 saturated heterocycles. The van der Waals surface area contributed by atoms with E-state index >= 15 is 0 Å². The highest BCUT2D eigenvalue weighted by Gasteiger charge is 2.61. The third-order valence-corrected chi connectivity index (χ3v) is 2.47. The van der Waals surface area contributed by atoms with Crippen molar-refractivity contribution in [2.45, 2.75) is 19.3 Å². The van der Waals surface area contributed by atoms with Gasteiger partial charge >= 0.3 is 0 Å². The SMILES string of the molecule is O[13CH2]C1CC12CC2. The van der Waals surface area contributed by atoms with E-state index in [1.54, 1.807) is 0 Å². The maximum atomic E-state index is 8.58. The Morgan fingerprint density at radius 3 is 2.43 bits per heavy atom. The zero-order valence-electron chi connectivity index (χ0n) is 4.35. The molecule has 1 nitrogen and oxygen atoms in total. The standard InChI is InChI=1S/C6H10O/c7-4-5-3-6(5)1-2-6/h5,7H,1-4H2/i4+1. The van der Waals surface area contributed by atoms with Gasteiger partial charge in [-0.15, -0.1) is 0 Å². The molecule has 1 N–H and O–H groups in total. The van der Waals surface area contributed by atoms with Gasteiger partial charge < -0.3 is 5.11 Å². The van der Waals surface area contributed by atoms with Crippen LogP contribution in [0.5, 0.6) is 0 Å². The molecule has 0 aliphatic heterocycles. The lowest BCUT2D eigenvalue weighted by Gasteiger charge is -1.81. The Morgan fingerprint density at radius 2 is 2.29 bits per heavy atom. The van der Waals surface area contributed by atoms with Crippen molar-refractivity contribution in [3.05, 3.63) is 0 Å². The molecule has 7 heavy (non-hydrogen) atoms. The Morgan fingerprint density at radius 1 is 1.57 bits per heavy atom. The van der Waals surface area contributed by atoms with E-state index in [4.69, 9.17) is 5.11 Å². The molecule has 0 amide bonds. The van der Waals surface area contributed by atoms with Crippen molar-refractivity contribution in [2.75, 3.05) is 6.61 Å². The molecule has 2 fully saturated rings. The second kappa shape index (κ2) is 0.873. The molecule has 2 saturated carbocycles. The lowest BCUT2D eigenvalue weighted by molar-refractivity contribution is 0.267. The van der Waals surface area contributed by atoms with Gasteiger partial charge in [-0.1, -0.05) is 0 Å². The van der Waals surface area contributed by atoms with Crippen molar-refractivity contribution in [2.24, 2.45) is 11.3 Å². The van der Waals surface area contributed by atoms with E-state index in [0.717, 1.165) is 5.41 Å². The third-order valence-electron chi connectivity index (χ3n) is 2.47. The molecule has 0 aromatic heterocycles. The number of aliphatic hydroxyl groups excluding tert-OH is 1. The summed E-state index contributed by atoms with van der Waals surface area (Å²) in [6.07, 6.45) is 4.12. The molecule has 1 heteroatoms. The Bertz CT molecular complexity index is 94.4. The molecule has 0 aromatic carbocycles. The summed E-state index contributed by atoms with van der Waals surface area (Å²) in [7, 11) is 0. The Labute approximate surface area is 43.3 Å². The van der Waals surface area contributed by atoms with Gasteiger partial charge in [0.1, 0.15) is 0 Å². The van der Waals surface area contributed by atoms with Crippen molar-refractivity contribution in [1.82, 2.24) is 0 Å². The molecule has 2 aliphatic rings. The molecule has 1 unspecified atom stereocenters. The molecule has 1 spiro atoms. The van der Waals surface area contributed by atoms with Crippen LogP contribution in [0.1, 0.15) is 19.3 Å². The molecule has 0 heterocycles. The van der Waals surface area contributed by atoms with Crippen LogP contribution in [0.2, 0.25) is 0 Å². The zero-order chi connectivity index (χ0) is 4.91. The summed E-state index contributed by atoms with van der Waals surface area (Å²) in [5.41, 5.74) is 0.717. The smallest absolute Gasteiger partial charge is 0.0464 e. The summed E-state index contributed by atoms with van der Waals surface area (Å²) in [6, 6.07) is 0. The van der Waals surface area contributed by atoms with Gasteiger partial charge in [0.05, 0.1) is 0 Å². The summed E-state index contributed by atoms with van der Waals surface area (Å²) in [5.74, 6) is 0.715. The van der Waals surface area contributed by atoms with Crippen molar-refractivity contribution in [1.29, 1.82) is 0 Å². The normalized spacial score (nSPS) is 41.6. The number of hydrogen-bond donors (Lipinski definition) is 1. The minimum Gasteiger partial charge on any atom is -0.396 e. The monoisotopic (exact) mass is 99.1 g/mol. The molecule has 1 atom stereocenters. The Balaban J connectivity index is 1.97. The van der Waals surface area contributed by atoms with E-state index in [9.17, 15) is 0 Å². The van der Waals surface area contributed by atoms with Crippen LogP contribution in [-0.4, -0.2) is 11.7 Å². The van der Waals surface area contributed by atoms with Crippen molar-refractivity contribution >= 4 is 0 Å². The number of rotatable bonds is 1. The molecular weight excluding hydrogens is 89.1 g/mol. The average Bonchev–Trinajstić information content (AvgIpc) is 2.52. The van der Waals surface area contributed by atoms with Crippen molar-refractivity contribution in [3.8, 4) is 0 Å². The highest BCUT2D eigenvalue weighted by atomic mass is 16.3. The molecule has 2 rings (SSSR count). The van der Waals surface area contributed by atoms with Crippen LogP contribution in [0.25, 0.3) is 0 Å². The summed E-state index contributed by atoms with van der Waals surface area (Å²) < 4.78 is 0. The number of aliphatic hydroxyl groups is 1. The van der Waals surface area contributed by atoms with Crippen LogP contribution in [0.3, 0.4) is 0 Å². The first-order chi connectivity index (χ1) is 3.37. The van der Waals surface area contributed by atoms with Crippen molar-refractivity contribution in [3.63, 3.8) is 0 Å². The largest absolute Gasteiger partial charge is 0.396 e. The van der Waals surface area contributed by atoms with Crippen LogP contribution in [0.15, 0.2) is 0 Å². The topological polar surface area (TPSA) is 20.2 Å². The van der Waals surface area contributed by atoms with Crippen LogP contribution in [0, 0.1) is 11.3 Å². The maximum Gasteiger partial charge on any atom is 0.0464 e. The molecule has 2 aliphatic carbocycles. The molecular formula is C6H10O. The second-order valence-electron chi connectivity index (χ2n) is 2.95. The van der Waals surface area contributed by atoms with Gasteiger partial charge in [-0.25, -0.2) is 0 Å². The minimum atomic E-state index is 0.444. The van der Waals surface area contributed by atoms with Crippen LogP contribution >= 0.6 is 0 Å². The molecule has 40 valence electrons. The van der Waals surface area contributed by atoms with E-state index in [1.807, 2.05) is 0 Å². The van der Waals surface area contributed by atoms with E-state index < -0.39 is 0 Å². The fourth-order valence-corrected chi connectivity index (χ4v) is 1.46. The van der Waals surface area contributed by atoms with E-state index in [0.29, 0.717) is 12.5 Å². The van der Waals surface area contributed by atoms with Gasteiger partial charge in [0.25, 0.3) is 0 Å². The highest BCUT2D eigenvalue weighted by molar-refractivity contribution is 5.11. The molecule has 0 bridgehead atoms. The lowest BCUT2D eigenvalue weighted by Crippen LogP contribution is -1.85. The van der Waals surface area contributed by atoms with Gasteiger partial charge in [0.15, 0.2) is 0 Å². The first-order valence-corrected chi connectivity index (χ1v) is 2.98. The predicted molar refractivity (Wildman–Crippen MR) is 26.9 cm³/mol. The van der Waals surface area contributed by atoms with E-state index in [-0.39, 0.29) is 0 Å². The quantitative estimate of drug-likeness (QED) is 0.481. The van der Waals surface area contributed by atoms with Crippen LogP contribution in [-0.2, 0) is 0 Å². The van der Waals surface area contributed by atoms with Gasteiger partial charge in [-0.05, 0) is 30.6 Å². The first kappa shape index (κ1) is 3.90. The molecule has 0 radical (unpaired) electrons. The molecule has 0 aromatic rings. The van der Waals surface area contributed by atoms with E-state index in [1.165, 1.54) is 19.3 Å². The van der Waals surface area contributed by atoms with Crippen LogP contribution in [0.4, 0.5) is 0 Å². The first-order valence-electron chi connectivity index (χ1n) is 2.98. The fraction of sp³-hybridized carbons (Fsp3) is 1.00. The summed E-state index contributed by atoms with van der Waals surface area (Å²) in [5, 5.41) is 8.58. The van der Waals surface area contributed by atoms with Gasteiger partial charge in [0.2, 0.25) is 0 Å². The van der Waals surface area contributed by atoms with Gasteiger partial charge in [-0.3, -0.25) is 0 Å². The lowest BCUT2D eigenvalue weighted by atomic mass is 10.4. The number of hydrogen-bond acceptors (Lipinski definition) is 1. The second-order valence-corrected chi connectivity index (χ2v) is 2.95. The third kappa shape index (κ3) is 0.367. The van der Waals surface area contributed by atoms with Crippen molar-refractivity contribution < 1.29 is 5.11 Å². The van der Waals surface area contributed by atoms with E-state index in [2.05, 4.69) is 0 Å². The summed E-state index contributed by atoms with van der Waals surface area (Å²) in [6.45, 7) is 0.444. The summed E-state index contributed by atoms with van der Waals surface area (Å²) >= 11 is 0. The minimum absolute atomic E-state index is 0.444.